The molecule has 0 aromatic heterocycles. The first kappa shape index (κ1) is 76.1. The van der Waals surface area contributed by atoms with Gasteiger partial charge >= 0.3 is 59.7 Å². The quantitative estimate of drug-likeness (QED) is 0.0389. The second kappa shape index (κ2) is 36.6. The number of esters is 10. The van der Waals surface area contributed by atoms with E-state index in [1.54, 1.807) is 103 Å². The molecule has 15 atom stereocenters. The second-order valence-corrected chi connectivity index (χ2v) is 24.7. The Kier molecular flexibility index (Phi) is 25.6. The van der Waals surface area contributed by atoms with Crippen LogP contribution in [0, 0.1) is 0 Å². The molecule has 1 N–H and O–H groups in total. The van der Waals surface area contributed by atoms with Crippen molar-refractivity contribution in [3.63, 3.8) is 0 Å². The van der Waals surface area contributed by atoms with Crippen LogP contribution in [0.3, 0.4) is 0 Å². The third-order valence-electron chi connectivity index (χ3n) is 17.4. The second-order valence-electron chi connectivity index (χ2n) is 24.7. The molecule has 0 unspecified atom stereocenters. The van der Waals surface area contributed by atoms with Crippen molar-refractivity contribution in [1.29, 1.82) is 0 Å². The predicted octanol–water partition coefficient (Wildman–Crippen LogP) is 9.78. The van der Waals surface area contributed by atoms with Crippen LogP contribution in [0.4, 0.5) is 0 Å². The highest BCUT2D eigenvalue weighted by atomic mass is 16.8. The normalized spacial score (nSPS) is 23.5. The van der Waals surface area contributed by atoms with Crippen molar-refractivity contribution in [1.82, 2.24) is 0 Å². The highest BCUT2D eigenvalue weighted by Crippen LogP contribution is 2.39. The molecule has 3 heterocycles. The van der Waals surface area contributed by atoms with Crippen LogP contribution in [0.2, 0.25) is 0 Å². The van der Waals surface area contributed by atoms with E-state index in [0.29, 0.717) is 0 Å². The van der Waals surface area contributed by atoms with Crippen molar-refractivity contribution < 1.29 is 124 Å². The summed E-state index contributed by atoms with van der Waals surface area (Å²) in [5.41, 5.74) is -0.306. The van der Waals surface area contributed by atoms with Gasteiger partial charge in [0, 0.05) is 6.92 Å². The molecule has 0 saturated carbocycles. The molecule has 0 amide bonds. The lowest BCUT2D eigenvalue weighted by molar-refractivity contribution is -0.370. The summed E-state index contributed by atoms with van der Waals surface area (Å²) in [6.45, 7) is -1.77. The largest absolute Gasteiger partial charge is 0.459 e. The Morgan fingerprint density at radius 3 is 0.771 bits per heavy atom. The van der Waals surface area contributed by atoms with Gasteiger partial charge in [0.1, 0.15) is 31.5 Å². The molecule has 3 fully saturated rings. The molecule has 9 aromatic rings. The van der Waals surface area contributed by atoms with Gasteiger partial charge in [0.25, 0.3) is 0 Å². The summed E-state index contributed by atoms with van der Waals surface area (Å²) in [6.07, 6.45) is -30.8. The van der Waals surface area contributed by atoms with Crippen molar-refractivity contribution in [2.45, 2.75) is 99.0 Å². The molecule has 558 valence electrons. The highest BCUT2D eigenvalue weighted by molar-refractivity contribution is 5.94. The van der Waals surface area contributed by atoms with Crippen molar-refractivity contribution >= 4 is 59.7 Å². The molecule has 12 rings (SSSR count). The van der Waals surface area contributed by atoms with Crippen LogP contribution in [-0.2, 0) is 75.8 Å². The van der Waals surface area contributed by atoms with E-state index in [2.05, 4.69) is 0 Å². The van der Waals surface area contributed by atoms with Gasteiger partial charge in [-0.1, -0.05) is 164 Å². The van der Waals surface area contributed by atoms with E-state index in [-0.39, 0.29) is 50.1 Å². The van der Waals surface area contributed by atoms with Gasteiger partial charge < -0.3 is 76.2 Å². The van der Waals surface area contributed by atoms with Crippen LogP contribution < -0.4 is 0 Å². The smallest absolute Gasteiger partial charge is 0.338 e. The number of benzene rings is 9. The van der Waals surface area contributed by atoms with Crippen molar-refractivity contribution in [2.24, 2.45) is 0 Å². The average molecular weight is 1480 g/mol. The van der Waals surface area contributed by atoms with E-state index in [0.717, 1.165) is 6.92 Å². The zero-order valence-electron chi connectivity index (χ0n) is 57.9. The molecular formula is C83H70O26. The van der Waals surface area contributed by atoms with E-state index in [1.807, 2.05) is 0 Å². The summed E-state index contributed by atoms with van der Waals surface area (Å²) in [7, 11) is 0. The van der Waals surface area contributed by atoms with Crippen LogP contribution in [0.5, 0.6) is 0 Å². The number of aliphatic hydroxyl groups is 1. The number of rotatable bonds is 26. The Morgan fingerprint density at radius 1 is 0.257 bits per heavy atom. The van der Waals surface area contributed by atoms with Crippen molar-refractivity contribution in [3.05, 3.63) is 323 Å². The third kappa shape index (κ3) is 19.6. The standard InChI is InChI=1S/C83H70O26/c1-50(84)98-71-68(107-79(92)58-43-25-9-26-44-58)65(104-76(89)55-37-19-6-20-38-55)62(48-96-73(86)52-31-13-3-14-32-52)101-83(71)109-70-67(106-78(91)57-41-23-8-24-42-57)64(103-75(88)54-35-17-5-18-36-54)61(47-95-72(85)51-29-11-2-12-30-51)100-82(70)97-49-60-63(102-74(87)53-33-15-4-16-34-53)66(105-77(90)56-39-21-7-22-40-56)69(81(94)99-60)108-80(93)59-45-27-10-28-46-59/h2-46,60-71,81-83,94H,47-49H2,1H3/t60-,61-,62-,63-,64-,65-,66+,67+,68+,69+,70+,71+,81+,82+,83-/m1/s1. The average Bonchev–Trinajstić information content (AvgIpc) is 0.758. The molecule has 0 bridgehead atoms. The first-order chi connectivity index (χ1) is 53.0. The van der Waals surface area contributed by atoms with Crippen LogP contribution in [0.1, 0.15) is 100 Å². The lowest BCUT2D eigenvalue weighted by Gasteiger charge is -2.49. The molecule has 26 nitrogen and oxygen atoms in total. The summed E-state index contributed by atoms with van der Waals surface area (Å²) in [4.78, 5) is 144. The zero-order chi connectivity index (χ0) is 76.2. The Bertz CT molecular complexity index is 4570. The summed E-state index contributed by atoms with van der Waals surface area (Å²) < 4.78 is 95.5. The molecule has 3 saturated heterocycles. The Morgan fingerprint density at radius 2 is 0.486 bits per heavy atom. The van der Waals surface area contributed by atoms with Crippen LogP contribution in [0.25, 0.3) is 0 Å². The topological polar surface area (TPSA) is 329 Å². The number of hydrogen-bond donors (Lipinski definition) is 1. The van der Waals surface area contributed by atoms with Gasteiger partial charge in [-0.3, -0.25) is 4.79 Å². The maximum Gasteiger partial charge on any atom is 0.338 e. The van der Waals surface area contributed by atoms with Gasteiger partial charge in [-0.25, -0.2) is 43.2 Å². The minimum atomic E-state index is -2.28. The van der Waals surface area contributed by atoms with Crippen molar-refractivity contribution in [3.8, 4) is 0 Å². The van der Waals surface area contributed by atoms with Gasteiger partial charge in [-0.15, -0.1) is 0 Å². The van der Waals surface area contributed by atoms with Crippen LogP contribution in [0.15, 0.2) is 273 Å². The fourth-order valence-corrected chi connectivity index (χ4v) is 12.1. The summed E-state index contributed by atoms with van der Waals surface area (Å²) >= 11 is 0. The molecule has 9 aromatic carbocycles. The number of hydrogen-bond acceptors (Lipinski definition) is 26. The third-order valence-corrected chi connectivity index (χ3v) is 17.4. The van der Waals surface area contributed by atoms with E-state index in [4.69, 9.17) is 71.1 Å². The highest BCUT2D eigenvalue weighted by Gasteiger charge is 2.60. The maximum atomic E-state index is 15.1. The van der Waals surface area contributed by atoms with Gasteiger partial charge in [-0.2, -0.15) is 0 Å². The first-order valence-electron chi connectivity index (χ1n) is 34.4. The van der Waals surface area contributed by atoms with Crippen LogP contribution >= 0.6 is 0 Å². The molecule has 0 radical (unpaired) electrons. The Balaban J connectivity index is 1.02. The zero-order valence-corrected chi connectivity index (χ0v) is 57.9. The molecule has 3 aliphatic heterocycles. The molecule has 109 heavy (non-hydrogen) atoms. The molecular weight excluding hydrogens is 1410 g/mol. The lowest BCUT2D eigenvalue weighted by Crippen LogP contribution is -2.67. The van der Waals surface area contributed by atoms with Gasteiger partial charge in [0.15, 0.2) is 73.8 Å². The van der Waals surface area contributed by atoms with Crippen LogP contribution in [-0.4, -0.2) is 177 Å². The SMILES string of the molecule is CC(=O)O[C@@H]1[C@@H](O[C@@H]2[C@@H](OC[C@H]3O[C@H](O)[C@@H](OC(=O)c4ccccc4)[C@@H](OC(=O)c4ccccc4)[C@@H]3OC(=O)c3ccccc3)O[C@H](COC(=O)c3ccccc3)[C@@H](OC(=O)c3ccccc3)[C@@H]2OC(=O)c2ccccc2)O[C@H](COC(=O)c2ccccc2)[C@@H](OC(=O)c2ccccc2)[C@@H]1OC(=O)c1ccccc1. The first-order valence-corrected chi connectivity index (χ1v) is 34.4. The molecule has 3 aliphatic rings. The van der Waals surface area contributed by atoms with E-state index in [1.165, 1.54) is 170 Å². The number of carbonyl (C=O) groups excluding carboxylic acids is 10. The number of aliphatic hydroxyl groups excluding tert-OH is 1. The van der Waals surface area contributed by atoms with E-state index in [9.17, 15) is 48.3 Å². The number of ether oxygens (including phenoxy) is 15. The molecule has 0 spiro atoms. The predicted molar refractivity (Wildman–Crippen MR) is 378 cm³/mol. The summed E-state index contributed by atoms with van der Waals surface area (Å²) in [5.74, 6) is -10.5. The van der Waals surface area contributed by atoms with E-state index < -0.39 is 172 Å². The van der Waals surface area contributed by atoms with Gasteiger partial charge in [-0.05, 0) is 109 Å². The summed E-state index contributed by atoms with van der Waals surface area (Å²) in [6, 6.07) is 67.8. The number of carbonyl (C=O) groups is 10. The molecule has 0 aliphatic carbocycles. The summed E-state index contributed by atoms with van der Waals surface area (Å²) in [5, 5.41) is 12.3. The van der Waals surface area contributed by atoms with Crippen molar-refractivity contribution in [2.75, 3.05) is 19.8 Å². The Labute approximate surface area is 623 Å². The van der Waals surface area contributed by atoms with Gasteiger partial charge in [0.05, 0.1) is 56.7 Å². The lowest BCUT2D eigenvalue weighted by atomic mass is 9.95. The molecule has 26 heteroatoms. The minimum absolute atomic E-state index is 0.0207. The fourth-order valence-electron chi connectivity index (χ4n) is 12.1. The van der Waals surface area contributed by atoms with Gasteiger partial charge in [0.2, 0.25) is 0 Å². The van der Waals surface area contributed by atoms with E-state index >= 15 is 4.79 Å². The maximum absolute atomic E-state index is 15.1. The Hall–Kier alpha value is -12.6. The monoisotopic (exact) mass is 1480 g/mol. The minimum Gasteiger partial charge on any atom is -0.459 e. The fraction of sp³-hybridized carbons (Fsp3) is 0.229.